The zero-order valence-corrected chi connectivity index (χ0v) is 9.75. The van der Waals surface area contributed by atoms with Crippen molar-refractivity contribution >= 4 is 11.8 Å². The van der Waals surface area contributed by atoms with E-state index in [9.17, 15) is 14.6 Å². The van der Waals surface area contributed by atoms with Gasteiger partial charge in [0.1, 0.15) is 5.82 Å². The Morgan fingerprint density at radius 3 is 2.62 bits per heavy atom. The molecule has 0 aromatic heterocycles. The van der Waals surface area contributed by atoms with Gasteiger partial charge in [-0.15, -0.1) is 11.8 Å². The van der Waals surface area contributed by atoms with Crippen LogP contribution in [0.4, 0.5) is 4.39 Å². The molecule has 3 nitrogen and oxygen atoms in total. The first kappa shape index (κ1) is 13.4. The van der Waals surface area contributed by atoms with Crippen LogP contribution in [0.2, 0.25) is 0 Å². The quantitative estimate of drug-likeness (QED) is 0.686. The third-order valence-corrected chi connectivity index (χ3v) is 3.30. The van der Waals surface area contributed by atoms with Gasteiger partial charge in [0.15, 0.2) is 0 Å². The molecule has 2 atom stereocenters. The van der Waals surface area contributed by atoms with Gasteiger partial charge in [0.25, 0.3) is 0 Å². The molecule has 1 aromatic carbocycles. The summed E-state index contributed by atoms with van der Waals surface area (Å²) in [5.74, 6) is -0.0926. The van der Waals surface area contributed by atoms with Gasteiger partial charge < -0.3 is 15.3 Å². The molecule has 5 heteroatoms. The third-order valence-electron chi connectivity index (χ3n) is 2.06. The van der Waals surface area contributed by atoms with Gasteiger partial charge in [0.2, 0.25) is 0 Å². The van der Waals surface area contributed by atoms with E-state index in [0.29, 0.717) is 16.2 Å². The highest BCUT2D eigenvalue weighted by Crippen LogP contribution is 2.28. The lowest BCUT2D eigenvalue weighted by atomic mass is 10.1. The molecule has 0 radical (unpaired) electrons. The number of benzene rings is 1. The van der Waals surface area contributed by atoms with E-state index in [1.54, 1.807) is 13.0 Å². The second-order valence-electron chi connectivity index (χ2n) is 3.51. The van der Waals surface area contributed by atoms with Crippen LogP contribution in [0.15, 0.2) is 23.1 Å². The predicted molar refractivity (Wildman–Crippen MR) is 60.9 cm³/mol. The maximum Gasteiger partial charge on any atom is 0.123 e. The van der Waals surface area contributed by atoms with Crippen molar-refractivity contribution in [3.63, 3.8) is 0 Å². The summed E-state index contributed by atoms with van der Waals surface area (Å²) in [5.41, 5.74) is 0.495. The molecule has 0 fully saturated rings. The lowest BCUT2D eigenvalue weighted by Gasteiger charge is -2.13. The molecule has 0 heterocycles. The van der Waals surface area contributed by atoms with Gasteiger partial charge in [-0.3, -0.25) is 0 Å². The first-order valence-corrected chi connectivity index (χ1v) is 5.92. The number of hydrogen-bond acceptors (Lipinski definition) is 4. The van der Waals surface area contributed by atoms with Crippen LogP contribution in [0.25, 0.3) is 0 Å². The monoisotopic (exact) mass is 246 g/mol. The topological polar surface area (TPSA) is 60.7 Å². The highest BCUT2D eigenvalue weighted by molar-refractivity contribution is 7.99. The van der Waals surface area contributed by atoms with Crippen molar-refractivity contribution < 1.29 is 19.7 Å². The van der Waals surface area contributed by atoms with E-state index in [1.165, 1.54) is 23.9 Å². The van der Waals surface area contributed by atoms with Crippen molar-refractivity contribution in [1.29, 1.82) is 0 Å². The summed E-state index contributed by atoms with van der Waals surface area (Å²) >= 11 is 1.28. The molecule has 0 saturated heterocycles. The van der Waals surface area contributed by atoms with Crippen LogP contribution in [-0.4, -0.2) is 33.8 Å². The van der Waals surface area contributed by atoms with E-state index in [-0.39, 0.29) is 6.61 Å². The first-order chi connectivity index (χ1) is 7.54. The van der Waals surface area contributed by atoms with Crippen LogP contribution < -0.4 is 0 Å². The maximum atomic E-state index is 13.0. The van der Waals surface area contributed by atoms with E-state index >= 15 is 0 Å². The fourth-order valence-electron chi connectivity index (χ4n) is 1.22. The summed E-state index contributed by atoms with van der Waals surface area (Å²) in [6, 6.07) is 4.14. The van der Waals surface area contributed by atoms with Crippen molar-refractivity contribution in [1.82, 2.24) is 0 Å². The molecule has 1 rings (SSSR count). The molecule has 0 spiro atoms. The molecule has 0 saturated carbocycles. The van der Waals surface area contributed by atoms with Gasteiger partial charge >= 0.3 is 0 Å². The Morgan fingerprint density at radius 1 is 1.38 bits per heavy atom. The summed E-state index contributed by atoms with van der Waals surface area (Å²) in [6.07, 6.45) is -1.57. The molecule has 16 heavy (non-hydrogen) atoms. The maximum absolute atomic E-state index is 13.0. The van der Waals surface area contributed by atoms with Gasteiger partial charge in [-0.2, -0.15) is 0 Å². The fraction of sp³-hybridized carbons (Fsp3) is 0.455. The van der Waals surface area contributed by atoms with Crippen molar-refractivity contribution in [2.75, 3.05) is 12.4 Å². The molecule has 1 aromatic rings. The SMILES string of the molecule is CC(O)c1cc(F)ccc1SCC(O)CO. The van der Waals surface area contributed by atoms with Crippen molar-refractivity contribution in [2.24, 2.45) is 0 Å². The number of halogens is 1. The molecule has 3 N–H and O–H groups in total. The summed E-state index contributed by atoms with van der Waals surface area (Å²) in [4.78, 5) is 0.712. The van der Waals surface area contributed by atoms with Crippen molar-refractivity contribution in [3.05, 3.63) is 29.6 Å². The Morgan fingerprint density at radius 2 is 2.06 bits per heavy atom. The molecule has 0 bridgehead atoms. The van der Waals surface area contributed by atoms with E-state index in [4.69, 9.17) is 5.11 Å². The molecule has 0 aliphatic rings. The number of rotatable bonds is 5. The van der Waals surface area contributed by atoms with Gasteiger partial charge in [-0.05, 0) is 30.7 Å². The van der Waals surface area contributed by atoms with Crippen LogP contribution in [-0.2, 0) is 0 Å². The van der Waals surface area contributed by atoms with E-state index in [2.05, 4.69) is 0 Å². The second-order valence-corrected chi connectivity index (χ2v) is 4.57. The predicted octanol–water partition coefficient (Wildman–Crippen LogP) is 1.32. The van der Waals surface area contributed by atoms with Gasteiger partial charge in [-0.25, -0.2) is 4.39 Å². The van der Waals surface area contributed by atoms with Crippen LogP contribution in [0.5, 0.6) is 0 Å². The van der Waals surface area contributed by atoms with E-state index in [0.717, 1.165) is 0 Å². The van der Waals surface area contributed by atoms with E-state index < -0.39 is 18.0 Å². The Balaban J connectivity index is 2.78. The number of aliphatic hydroxyl groups excluding tert-OH is 3. The summed E-state index contributed by atoms with van der Waals surface area (Å²) in [6.45, 7) is 1.25. The van der Waals surface area contributed by atoms with Gasteiger partial charge in [0, 0.05) is 10.6 Å². The normalized spacial score (nSPS) is 14.8. The van der Waals surface area contributed by atoms with E-state index in [1.807, 2.05) is 0 Å². The molecule has 2 unspecified atom stereocenters. The molecule has 0 aliphatic heterocycles. The smallest absolute Gasteiger partial charge is 0.123 e. The number of aliphatic hydroxyl groups is 3. The zero-order chi connectivity index (χ0) is 12.1. The molecular formula is C11H15FO3S. The summed E-state index contributed by atoms with van der Waals surface area (Å²) < 4.78 is 13.0. The Bertz CT molecular complexity index is 344. The minimum atomic E-state index is -0.808. The van der Waals surface area contributed by atoms with Gasteiger partial charge in [0.05, 0.1) is 18.8 Å². The Hall–Kier alpha value is -0.620. The highest BCUT2D eigenvalue weighted by atomic mass is 32.2. The summed E-state index contributed by atoms with van der Waals surface area (Å²) in [7, 11) is 0. The van der Waals surface area contributed by atoms with Gasteiger partial charge in [-0.1, -0.05) is 0 Å². The number of thioether (sulfide) groups is 1. The van der Waals surface area contributed by atoms with Crippen LogP contribution in [0.3, 0.4) is 0 Å². The fourth-order valence-corrected chi connectivity index (χ4v) is 2.25. The zero-order valence-electron chi connectivity index (χ0n) is 8.93. The Labute approximate surface area is 97.9 Å². The molecule has 0 amide bonds. The van der Waals surface area contributed by atoms with Crippen LogP contribution in [0, 0.1) is 5.82 Å². The van der Waals surface area contributed by atoms with Crippen molar-refractivity contribution in [3.8, 4) is 0 Å². The average Bonchev–Trinajstić information content (AvgIpc) is 2.26. The average molecular weight is 246 g/mol. The largest absolute Gasteiger partial charge is 0.394 e. The molecule has 90 valence electrons. The lowest BCUT2D eigenvalue weighted by molar-refractivity contribution is 0.113. The first-order valence-electron chi connectivity index (χ1n) is 4.93. The standard InChI is InChI=1S/C11H15FO3S/c1-7(14)10-4-8(12)2-3-11(10)16-6-9(15)5-13/h2-4,7,9,13-15H,5-6H2,1H3. The molecule has 0 aliphatic carbocycles. The summed E-state index contributed by atoms with van der Waals surface area (Å²) in [5, 5.41) is 27.3. The minimum Gasteiger partial charge on any atom is -0.394 e. The third kappa shape index (κ3) is 3.75. The lowest BCUT2D eigenvalue weighted by Crippen LogP contribution is -2.14. The molecular weight excluding hydrogens is 231 g/mol. The van der Waals surface area contributed by atoms with Crippen molar-refractivity contribution in [2.45, 2.75) is 24.0 Å². The highest BCUT2D eigenvalue weighted by Gasteiger charge is 2.11. The minimum absolute atomic E-state index is 0.307. The Kier molecular flexibility index (Phi) is 5.21. The second kappa shape index (κ2) is 6.20. The number of hydrogen-bond donors (Lipinski definition) is 3. The van der Waals surface area contributed by atoms with Crippen LogP contribution in [0.1, 0.15) is 18.6 Å². The van der Waals surface area contributed by atoms with Crippen LogP contribution >= 0.6 is 11.8 Å².